The summed E-state index contributed by atoms with van der Waals surface area (Å²) in [5, 5.41) is 1.32. The third-order valence-corrected chi connectivity index (χ3v) is 8.92. The molecule has 3 aromatic heterocycles. The van der Waals surface area contributed by atoms with E-state index in [1.54, 1.807) is 6.20 Å². The summed E-state index contributed by atoms with van der Waals surface area (Å²) in [6.07, 6.45) is 5.96. The molecule has 2 aliphatic rings. The van der Waals surface area contributed by atoms with Crippen molar-refractivity contribution in [3.63, 3.8) is 0 Å². The molecule has 1 atom stereocenters. The van der Waals surface area contributed by atoms with E-state index >= 15 is 0 Å². The highest BCUT2D eigenvalue weighted by molar-refractivity contribution is 7.89. The highest BCUT2D eigenvalue weighted by Gasteiger charge is 2.34. The minimum atomic E-state index is -3.53. The molecule has 0 saturated heterocycles. The van der Waals surface area contributed by atoms with E-state index in [9.17, 15) is 8.42 Å². The van der Waals surface area contributed by atoms with Crippen LogP contribution in [-0.2, 0) is 10.0 Å². The van der Waals surface area contributed by atoms with E-state index in [0.717, 1.165) is 31.3 Å². The van der Waals surface area contributed by atoms with Crippen LogP contribution in [0.15, 0.2) is 35.6 Å². The molecule has 0 radical (unpaired) electrons. The lowest BCUT2D eigenvalue weighted by atomic mass is 10.1. The van der Waals surface area contributed by atoms with Crippen LogP contribution in [0, 0.1) is 0 Å². The molecule has 1 fully saturated rings. The van der Waals surface area contributed by atoms with Crippen LogP contribution in [0.3, 0.4) is 0 Å². The number of aliphatic imine (C=N–C) groups is 1. The molecule has 4 heterocycles. The Morgan fingerprint density at radius 3 is 2.69 bits per heavy atom. The zero-order valence-corrected chi connectivity index (χ0v) is 17.9. The lowest BCUT2D eigenvalue weighted by Crippen LogP contribution is -2.44. The Labute approximate surface area is 177 Å². The average Bonchev–Trinajstić information content (AvgIpc) is 3.49. The van der Waals surface area contributed by atoms with E-state index in [0.29, 0.717) is 15.8 Å². The zero-order chi connectivity index (χ0) is 20.3. The number of pyridine rings is 2. The van der Waals surface area contributed by atoms with E-state index in [1.165, 1.54) is 31.2 Å². The Balaban J connectivity index is 1.61. The van der Waals surface area contributed by atoms with Crippen LogP contribution < -0.4 is 5.73 Å². The fourth-order valence-electron chi connectivity index (χ4n) is 3.46. The Morgan fingerprint density at radius 1 is 1.24 bits per heavy atom. The van der Waals surface area contributed by atoms with E-state index in [2.05, 4.69) is 21.0 Å². The van der Waals surface area contributed by atoms with Crippen molar-refractivity contribution in [2.24, 2.45) is 10.7 Å². The zero-order valence-electron chi connectivity index (χ0n) is 15.5. The molecular weight excluding hydrogens is 430 g/mol. The number of nitrogens with two attached hydrogens (primary N) is 1. The van der Waals surface area contributed by atoms with Crippen LogP contribution in [0.2, 0.25) is 5.02 Å². The topological polar surface area (TPSA) is 102 Å². The number of hydrogen-bond acceptors (Lipinski definition) is 7. The van der Waals surface area contributed by atoms with Crippen molar-refractivity contribution in [3.8, 4) is 11.3 Å². The quantitative estimate of drug-likeness (QED) is 0.661. The molecule has 29 heavy (non-hydrogen) atoms. The molecule has 1 unspecified atom stereocenters. The maximum Gasteiger partial charge on any atom is 0.239 e. The maximum absolute atomic E-state index is 12.4. The van der Waals surface area contributed by atoms with Gasteiger partial charge in [-0.25, -0.2) is 17.7 Å². The van der Waals surface area contributed by atoms with Gasteiger partial charge in [0, 0.05) is 42.0 Å². The second kappa shape index (κ2) is 6.65. The van der Waals surface area contributed by atoms with Gasteiger partial charge in [0.05, 0.1) is 26.0 Å². The van der Waals surface area contributed by atoms with Crippen molar-refractivity contribution < 1.29 is 8.42 Å². The van der Waals surface area contributed by atoms with E-state index in [-0.39, 0.29) is 11.7 Å². The predicted molar refractivity (Wildman–Crippen MR) is 116 cm³/mol. The summed E-state index contributed by atoms with van der Waals surface area (Å²) < 4.78 is 26.7. The van der Waals surface area contributed by atoms with Crippen LogP contribution in [0.1, 0.15) is 35.4 Å². The molecule has 7 nitrogen and oxygen atoms in total. The van der Waals surface area contributed by atoms with Gasteiger partial charge in [-0.15, -0.1) is 11.3 Å². The van der Waals surface area contributed by atoms with E-state index in [1.807, 2.05) is 18.3 Å². The largest absolute Gasteiger partial charge is 0.369 e. The van der Waals surface area contributed by atoms with Crippen LogP contribution in [0.25, 0.3) is 21.3 Å². The first-order chi connectivity index (χ1) is 13.8. The van der Waals surface area contributed by atoms with Gasteiger partial charge in [-0.1, -0.05) is 11.6 Å². The molecule has 1 aliphatic carbocycles. The van der Waals surface area contributed by atoms with Crippen LogP contribution in [-0.4, -0.2) is 41.5 Å². The second-order valence-electron chi connectivity index (χ2n) is 7.31. The fraction of sp³-hybridized carbons (Fsp3) is 0.316. The molecule has 2 N–H and O–H groups in total. The first-order valence-corrected chi connectivity index (χ1v) is 12.0. The summed E-state index contributed by atoms with van der Waals surface area (Å²) in [7, 11) is -2.13. The summed E-state index contributed by atoms with van der Waals surface area (Å²) in [5.74, 6) is 0.384. The lowest BCUT2D eigenvalue weighted by molar-refractivity contribution is 0.533. The van der Waals surface area contributed by atoms with Gasteiger partial charge in [0.25, 0.3) is 0 Å². The third-order valence-electron chi connectivity index (χ3n) is 5.32. The summed E-state index contributed by atoms with van der Waals surface area (Å²) >= 11 is 8.06. The minimum Gasteiger partial charge on any atom is -0.369 e. The molecule has 3 aromatic rings. The fourth-order valence-corrected chi connectivity index (χ4v) is 6.46. The van der Waals surface area contributed by atoms with Crippen LogP contribution in [0.4, 0.5) is 0 Å². The Kier molecular flexibility index (Phi) is 4.30. The molecule has 0 bridgehead atoms. The number of aromatic nitrogens is 2. The number of halogens is 1. The molecule has 5 rings (SSSR count). The van der Waals surface area contributed by atoms with Crippen molar-refractivity contribution in [2.45, 2.75) is 24.8 Å². The van der Waals surface area contributed by atoms with Crippen molar-refractivity contribution in [1.82, 2.24) is 14.3 Å². The highest BCUT2D eigenvalue weighted by atomic mass is 35.5. The van der Waals surface area contributed by atoms with Crippen molar-refractivity contribution in [3.05, 3.63) is 46.2 Å². The van der Waals surface area contributed by atoms with Gasteiger partial charge in [-0.2, -0.15) is 0 Å². The molecular formula is C19H18ClN5O2S2. The molecule has 1 aliphatic heterocycles. The van der Waals surface area contributed by atoms with Crippen molar-refractivity contribution in [2.75, 3.05) is 12.8 Å². The van der Waals surface area contributed by atoms with Crippen LogP contribution >= 0.6 is 22.9 Å². The predicted octanol–water partition coefficient (Wildman–Crippen LogP) is 3.52. The number of hydrogen-bond donors (Lipinski definition) is 1. The van der Waals surface area contributed by atoms with Gasteiger partial charge < -0.3 is 5.73 Å². The number of thiophene rings is 1. The standard InChI is InChI=1S/C19H18ClN5O2S2/c1-25-19(21)24-14(9-29(25,26)27)18-15(20)12-6-7-22-16(17(12)28-18)11-4-5-13(23-8-11)10-2-3-10/h4-8,10,14H,2-3,9H2,1H3,(H2,21,24). The summed E-state index contributed by atoms with van der Waals surface area (Å²) in [5.41, 5.74) is 8.63. The molecule has 0 amide bonds. The minimum absolute atomic E-state index is 0.0343. The van der Waals surface area contributed by atoms with E-state index in [4.69, 9.17) is 17.3 Å². The Morgan fingerprint density at radius 2 is 2.03 bits per heavy atom. The molecule has 1 saturated carbocycles. The first kappa shape index (κ1) is 18.8. The average molecular weight is 448 g/mol. The molecule has 150 valence electrons. The number of sulfonamides is 1. The van der Waals surface area contributed by atoms with Gasteiger partial charge in [0.2, 0.25) is 16.0 Å². The second-order valence-corrected chi connectivity index (χ2v) is 10.8. The number of guanidine groups is 1. The molecule has 0 aromatic carbocycles. The summed E-state index contributed by atoms with van der Waals surface area (Å²) in [6, 6.07) is 5.29. The van der Waals surface area contributed by atoms with Crippen LogP contribution in [0.5, 0.6) is 0 Å². The summed E-state index contributed by atoms with van der Waals surface area (Å²) in [6.45, 7) is 0. The van der Waals surface area contributed by atoms with Gasteiger partial charge in [0.1, 0.15) is 6.04 Å². The number of rotatable bonds is 3. The first-order valence-electron chi connectivity index (χ1n) is 9.18. The number of nitrogens with zero attached hydrogens (tertiary/aromatic N) is 4. The highest BCUT2D eigenvalue weighted by Crippen LogP contribution is 2.45. The SMILES string of the molecule is CN1C(N)=NC(c2sc3c(-c4ccc(C5CC5)nc4)nccc3c2Cl)CS1(=O)=O. The Hall–Kier alpha value is -2.23. The third kappa shape index (κ3) is 3.17. The van der Waals surface area contributed by atoms with Gasteiger partial charge in [-0.05, 0) is 31.0 Å². The number of fused-ring (bicyclic) bond motifs is 1. The van der Waals surface area contributed by atoms with Gasteiger partial charge in [-0.3, -0.25) is 9.97 Å². The van der Waals surface area contributed by atoms with Crippen molar-refractivity contribution in [1.29, 1.82) is 0 Å². The summed E-state index contributed by atoms with van der Waals surface area (Å²) in [4.78, 5) is 14.2. The smallest absolute Gasteiger partial charge is 0.239 e. The van der Waals surface area contributed by atoms with Crippen molar-refractivity contribution >= 4 is 49.0 Å². The van der Waals surface area contributed by atoms with E-state index < -0.39 is 16.1 Å². The maximum atomic E-state index is 12.4. The normalized spacial score (nSPS) is 21.4. The molecule has 0 spiro atoms. The lowest BCUT2D eigenvalue weighted by Gasteiger charge is -2.26. The van der Waals surface area contributed by atoms with Gasteiger partial charge >= 0.3 is 0 Å². The van der Waals surface area contributed by atoms with Gasteiger partial charge in [0.15, 0.2) is 0 Å². The monoisotopic (exact) mass is 447 g/mol. The Bertz CT molecular complexity index is 1250. The molecule has 10 heteroatoms.